The highest BCUT2D eigenvalue weighted by Gasteiger charge is 2.33. The molecule has 0 unspecified atom stereocenters. The minimum Gasteiger partial charge on any atom is -0.343 e. The third kappa shape index (κ3) is 3.06. The number of rotatable bonds is 3. The highest BCUT2D eigenvalue weighted by atomic mass is 35.5. The van der Waals surface area contributed by atoms with Crippen LogP contribution in [0.3, 0.4) is 0 Å². The molecule has 6 nitrogen and oxygen atoms in total. The summed E-state index contributed by atoms with van der Waals surface area (Å²) in [4.78, 5) is 19.2. The van der Waals surface area contributed by atoms with Crippen LogP contribution in [0.25, 0.3) is 5.52 Å². The lowest BCUT2D eigenvalue weighted by molar-refractivity contribution is -0.128. The van der Waals surface area contributed by atoms with E-state index >= 15 is 0 Å². The molecule has 2 aromatic heterocycles. The van der Waals surface area contributed by atoms with Gasteiger partial charge in [0.1, 0.15) is 11.9 Å². The van der Waals surface area contributed by atoms with E-state index in [1.54, 1.807) is 6.20 Å². The van der Waals surface area contributed by atoms with Gasteiger partial charge in [-0.25, -0.2) is 4.98 Å². The van der Waals surface area contributed by atoms with E-state index < -0.39 is 5.54 Å². The molecule has 1 saturated heterocycles. The van der Waals surface area contributed by atoms with E-state index in [2.05, 4.69) is 20.5 Å². The number of halogens is 1. The van der Waals surface area contributed by atoms with Crippen LogP contribution in [0.1, 0.15) is 19.7 Å². The summed E-state index contributed by atoms with van der Waals surface area (Å²) in [5, 5.41) is 7.03. The Balaban J connectivity index is 1.85. The molecule has 3 heterocycles. The number of carbonyl (C=O) groups excluding carboxylic acids is 1. The Morgan fingerprint density at radius 2 is 2.30 bits per heavy atom. The molecule has 0 aliphatic carbocycles. The number of hydrogen-bond donors (Lipinski definition) is 2. The molecule has 0 radical (unpaired) electrons. The van der Waals surface area contributed by atoms with E-state index in [9.17, 15) is 4.79 Å². The molecule has 1 aliphatic heterocycles. The average Bonchev–Trinajstić information content (AvgIpc) is 2.93. The van der Waals surface area contributed by atoms with Crippen LogP contribution in [0.15, 0.2) is 24.5 Å². The first-order valence-corrected chi connectivity index (χ1v) is 8.13. The zero-order valence-corrected chi connectivity index (χ0v) is 14.4. The molecule has 1 amide bonds. The van der Waals surface area contributed by atoms with Gasteiger partial charge < -0.3 is 15.0 Å². The minimum absolute atomic E-state index is 0.00322. The van der Waals surface area contributed by atoms with Crippen molar-refractivity contribution in [1.29, 1.82) is 0 Å². The van der Waals surface area contributed by atoms with Crippen LogP contribution >= 0.6 is 11.6 Å². The number of nitrogens with zero attached hydrogens (tertiary/aromatic N) is 3. The van der Waals surface area contributed by atoms with Gasteiger partial charge in [-0.1, -0.05) is 11.6 Å². The Morgan fingerprint density at radius 3 is 3.04 bits per heavy atom. The Labute approximate surface area is 140 Å². The highest BCUT2D eigenvalue weighted by Crippen LogP contribution is 2.24. The normalized spacial score (nSPS) is 19.9. The Bertz CT molecular complexity index is 726. The summed E-state index contributed by atoms with van der Waals surface area (Å²) in [5.41, 5.74) is 0.231. The first-order chi connectivity index (χ1) is 10.9. The van der Waals surface area contributed by atoms with Gasteiger partial charge in [-0.15, -0.1) is 0 Å². The van der Waals surface area contributed by atoms with Crippen molar-refractivity contribution in [2.75, 3.05) is 26.7 Å². The van der Waals surface area contributed by atoms with Crippen molar-refractivity contribution in [3.8, 4) is 0 Å². The fourth-order valence-electron chi connectivity index (χ4n) is 3.00. The molecule has 1 aliphatic rings. The second-order valence-corrected chi connectivity index (χ2v) is 6.92. The van der Waals surface area contributed by atoms with E-state index in [1.165, 1.54) is 0 Å². The topological polar surface area (TPSA) is 61.7 Å². The van der Waals surface area contributed by atoms with Gasteiger partial charge in [0.25, 0.3) is 0 Å². The van der Waals surface area contributed by atoms with Crippen molar-refractivity contribution in [2.45, 2.75) is 25.4 Å². The van der Waals surface area contributed by atoms with Crippen LogP contribution in [-0.2, 0) is 10.3 Å². The number of imidazole rings is 1. The highest BCUT2D eigenvalue weighted by molar-refractivity contribution is 6.33. The van der Waals surface area contributed by atoms with Crippen LogP contribution in [0.5, 0.6) is 0 Å². The summed E-state index contributed by atoms with van der Waals surface area (Å²) >= 11 is 6.20. The van der Waals surface area contributed by atoms with Gasteiger partial charge in [0, 0.05) is 25.8 Å². The summed E-state index contributed by atoms with van der Waals surface area (Å²) in [6.45, 7) is 6.34. The third-order valence-electron chi connectivity index (χ3n) is 4.33. The molecule has 1 atom stereocenters. The molecule has 2 aromatic rings. The molecule has 0 bridgehead atoms. The van der Waals surface area contributed by atoms with Crippen molar-refractivity contribution in [3.05, 3.63) is 35.4 Å². The molecule has 0 aromatic carbocycles. The lowest BCUT2D eigenvalue weighted by atomic mass is 10.0. The number of likely N-dealkylation sites (N-methyl/N-ethyl adjacent to an activating group) is 1. The molecule has 124 valence electrons. The molecule has 1 fully saturated rings. The first kappa shape index (κ1) is 16.2. The Kier molecular flexibility index (Phi) is 4.31. The molecule has 2 N–H and O–H groups in total. The van der Waals surface area contributed by atoms with Gasteiger partial charge in [0.15, 0.2) is 0 Å². The SMILES string of the molecule is CN1CCNC[C@@H]1C(=O)NC(C)(C)c1ncc2c(Cl)cccn12. The fourth-order valence-corrected chi connectivity index (χ4v) is 3.21. The summed E-state index contributed by atoms with van der Waals surface area (Å²) in [5.74, 6) is 0.762. The first-order valence-electron chi connectivity index (χ1n) is 7.75. The molecule has 3 rings (SSSR count). The molecular weight excluding hydrogens is 314 g/mol. The van der Waals surface area contributed by atoms with E-state index in [0.717, 1.165) is 24.4 Å². The second-order valence-electron chi connectivity index (χ2n) is 6.51. The van der Waals surface area contributed by atoms with E-state index in [0.29, 0.717) is 11.6 Å². The van der Waals surface area contributed by atoms with E-state index in [1.807, 2.05) is 43.6 Å². The maximum absolute atomic E-state index is 12.7. The minimum atomic E-state index is -0.605. The zero-order chi connectivity index (χ0) is 16.6. The van der Waals surface area contributed by atoms with E-state index in [4.69, 9.17) is 11.6 Å². The fraction of sp³-hybridized carbons (Fsp3) is 0.500. The number of carbonyl (C=O) groups is 1. The molecule has 0 saturated carbocycles. The third-order valence-corrected chi connectivity index (χ3v) is 4.65. The van der Waals surface area contributed by atoms with Crippen LogP contribution in [0, 0.1) is 0 Å². The lowest BCUT2D eigenvalue weighted by Crippen LogP contribution is -2.58. The molecule has 23 heavy (non-hydrogen) atoms. The van der Waals surface area contributed by atoms with Gasteiger partial charge in [-0.2, -0.15) is 0 Å². The number of nitrogens with one attached hydrogen (secondary N) is 2. The summed E-state index contributed by atoms with van der Waals surface area (Å²) in [6.07, 6.45) is 3.64. The van der Waals surface area contributed by atoms with Crippen molar-refractivity contribution < 1.29 is 4.79 Å². The van der Waals surface area contributed by atoms with Crippen LogP contribution in [0.4, 0.5) is 0 Å². The molecular formula is C16H22ClN5O. The number of aromatic nitrogens is 2. The number of piperazine rings is 1. The quantitative estimate of drug-likeness (QED) is 0.886. The lowest BCUT2D eigenvalue weighted by Gasteiger charge is -2.35. The number of hydrogen-bond acceptors (Lipinski definition) is 4. The van der Waals surface area contributed by atoms with Gasteiger partial charge in [0.2, 0.25) is 5.91 Å². The van der Waals surface area contributed by atoms with Crippen molar-refractivity contribution in [3.63, 3.8) is 0 Å². The second kappa shape index (κ2) is 6.11. The van der Waals surface area contributed by atoms with Crippen LogP contribution < -0.4 is 10.6 Å². The standard InChI is InChI=1S/C16H22ClN5O/c1-16(2,20-14(23)13-9-18-6-8-21(13)3)15-19-10-12-11(17)5-4-7-22(12)15/h4-5,7,10,13,18H,6,8-9H2,1-3H3,(H,20,23)/t13-/m1/s1. The van der Waals surface area contributed by atoms with Crippen molar-refractivity contribution >= 4 is 23.0 Å². The van der Waals surface area contributed by atoms with Crippen LogP contribution in [-0.4, -0.2) is 52.9 Å². The maximum atomic E-state index is 12.7. The average molecular weight is 336 g/mol. The van der Waals surface area contributed by atoms with Gasteiger partial charge >= 0.3 is 0 Å². The number of amides is 1. The van der Waals surface area contributed by atoms with Gasteiger partial charge in [0.05, 0.1) is 22.3 Å². The van der Waals surface area contributed by atoms with Gasteiger partial charge in [-0.3, -0.25) is 9.69 Å². The predicted octanol–water partition coefficient (Wildman–Crippen LogP) is 1.24. The maximum Gasteiger partial charge on any atom is 0.239 e. The number of fused-ring (bicyclic) bond motifs is 1. The zero-order valence-electron chi connectivity index (χ0n) is 13.6. The largest absolute Gasteiger partial charge is 0.343 e. The molecule has 0 spiro atoms. The summed E-state index contributed by atoms with van der Waals surface area (Å²) < 4.78 is 1.92. The Hall–Kier alpha value is -1.63. The van der Waals surface area contributed by atoms with E-state index in [-0.39, 0.29) is 11.9 Å². The van der Waals surface area contributed by atoms with Crippen molar-refractivity contribution in [2.24, 2.45) is 0 Å². The van der Waals surface area contributed by atoms with Crippen LogP contribution in [0.2, 0.25) is 5.02 Å². The molecule has 7 heteroatoms. The Morgan fingerprint density at radius 1 is 1.52 bits per heavy atom. The van der Waals surface area contributed by atoms with Gasteiger partial charge in [-0.05, 0) is 33.0 Å². The predicted molar refractivity (Wildman–Crippen MR) is 90.7 cm³/mol. The van der Waals surface area contributed by atoms with Crippen molar-refractivity contribution in [1.82, 2.24) is 24.9 Å². The number of pyridine rings is 1. The monoisotopic (exact) mass is 335 g/mol. The summed E-state index contributed by atoms with van der Waals surface area (Å²) in [7, 11) is 1.97. The summed E-state index contributed by atoms with van der Waals surface area (Å²) in [6, 6.07) is 3.53. The smallest absolute Gasteiger partial charge is 0.239 e.